The monoisotopic (exact) mass is 347 g/mol. The Hall–Kier alpha value is -1.66. The van der Waals surface area contributed by atoms with E-state index in [1.807, 2.05) is 6.07 Å². The van der Waals surface area contributed by atoms with Gasteiger partial charge in [-0.3, -0.25) is 9.59 Å². The van der Waals surface area contributed by atoms with Crippen molar-refractivity contribution in [2.45, 2.75) is 44.7 Å². The molecule has 0 aliphatic carbocycles. The Morgan fingerprint density at radius 2 is 1.92 bits per heavy atom. The normalized spacial score (nSPS) is 20.5. The molecule has 6 nitrogen and oxygen atoms in total. The number of ether oxygens (including phenoxy) is 1. The Labute approximate surface area is 149 Å². The number of aromatic nitrogens is 1. The number of nitrogens with one attached hydrogen (secondary N) is 1. The van der Waals surface area contributed by atoms with Crippen LogP contribution < -0.4 is 10.9 Å². The maximum Gasteiger partial charge on any atom is 0.250 e. The number of piperidine rings is 1. The van der Waals surface area contributed by atoms with Crippen LogP contribution in [-0.2, 0) is 16.1 Å². The number of nitrogens with zero attached hydrogens (tertiary/aromatic N) is 2. The van der Waals surface area contributed by atoms with Crippen molar-refractivity contribution in [2.75, 3.05) is 32.8 Å². The first-order valence-electron chi connectivity index (χ1n) is 9.49. The highest BCUT2D eigenvalue weighted by atomic mass is 16.5. The highest BCUT2D eigenvalue weighted by Gasteiger charge is 2.29. The van der Waals surface area contributed by atoms with Gasteiger partial charge in [0, 0.05) is 50.5 Å². The standard InChI is InChI=1S/C19H29N3O3/c23-18-4-1-2-10-22(18)11-3-9-20-19(24)16-5-12-21(13-6-16)17-7-14-25-15-8-17/h1-2,4,10,16-17H,3,5-9,11-15H2,(H,20,24). The minimum Gasteiger partial charge on any atom is -0.381 e. The lowest BCUT2D eigenvalue weighted by Crippen LogP contribution is -2.46. The number of likely N-dealkylation sites (tertiary alicyclic amines) is 1. The quantitative estimate of drug-likeness (QED) is 0.787. The lowest BCUT2D eigenvalue weighted by atomic mass is 9.93. The van der Waals surface area contributed by atoms with Gasteiger partial charge in [0.15, 0.2) is 0 Å². The number of carbonyl (C=O) groups is 1. The maximum atomic E-state index is 12.3. The average molecular weight is 347 g/mol. The van der Waals surface area contributed by atoms with E-state index in [2.05, 4.69) is 10.2 Å². The molecule has 1 aromatic heterocycles. The molecular formula is C19H29N3O3. The fourth-order valence-corrected chi connectivity index (χ4v) is 3.83. The summed E-state index contributed by atoms with van der Waals surface area (Å²) in [4.78, 5) is 26.5. The van der Waals surface area contributed by atoms with Crippen LogP contribution in [-0.4, -0.2) is 54.3 Å². The van der Waals surface area contributed by atoms with E-state index in [1.54, 1.807) is 22.9 Å². The van der Waals surface area contributed by atoms with Crippen molar-refractivity contribution in [1.29, 1.82) is 0 Å². The molecule has 0 unspecified atom stereocenters. The topological polar surface area (TPSA) is 63.6 Å². The molecule has 3 rings (SSSR count). The van der Waals surface area contributed by atoms with Crippen molar-refractivity contribution in [3.8, 4) is 0 Å². The van der Waals surface area contributed by atoms with Crippen LogP contribution in [0, 0.1) is 5.92 Å². The van der Waals surface area contributed by atoms with Gasteiger partial charge in [-0.1, -0.05) is 6.07 Å². The van der Waals surface area contributed by atoms with E-state index in [4.69, 9.17) is 4.74 Å². The van der Waals surface area contributed by atoms with Crippen LogP contribution in [0.3, 0.4) is 0 Å². The summed E-state index contributed by atoms with van der Waals surface area (Å²) in [6, 6.07) is 5.80. The van der Waals surface area contributed by atoms with Crippen LogP contribution >= 0.6 is 0 Å². The molecule has 0 bridgehead atoms. The molecule has 0 radical (unpaired) electrons. The molecule has 0 saturated carbocycles. The van der Waals surface area contributed by atoms with Crippen LogP contribution in [0.15, 0.2) is 29.2 Å². The molecule has 1 N–H and O–H groups in total. The number of hydrogen-bond donors (Lipinski definition) is 1. The number of pyridine rings is 1. The van der Waals surface area contributed by atoms with Gasteiger partial charge >= 0.3 is 0 Å². The number of carbonyl (C=O) groups excluding carboxylic acids is 1. The molecule has 2 fully saturated rings. The first-order chi connectivity index (χ1) is 12.2. The molecule has 138 valence electrons. The molecule has 2 aliphatic heterocycles. The van der Waals surface area contributed by atoms with Gasteiger partial charge in [0.2, 0.25) is 11.5 Å². The SMILES string of the molecule is O=C(NCCCn1ccccc1=O)C1CCN(C2CCOCC2)CC1. The summed E-state index contributed by atoms with van der Waals surface area (Å²) in [5.41, 5.74) is 0.00862. The highest BCUT2D eigenvalue weighted by molar-refractivity contribution is 5.78. The second-order valence-electron chi connectivity index (χ2n) is 7.03. The third-order valence-corrected chi connectivity index (χ3v) is 5.38. The highest BCUT2D eigenvalue weighted by Crippen LogP contribution is 2.23. The molecule has 1 aromatic rings. The van der Waals surface area contributed by atoms with Gasteiger partial charge in [-0.05, 0) is 51.3 Å². The van der Waals surface area contributed by atoms with Gasteiger partial charge in [0.05, 0.1) is 0 Å². The summed E-state index contributed by atoms with van der Waals surface area (Å²) >= 11 is 0. The smallest absolute Gasteiger partial charge is 0.250 e. The fraction of sp³-hybridized carbons (Fsp3) is 0.684. The second kappa shape index (κ2) is 9.15. The van der Waals surface area contributed by atoms with Crippen LogP contribution in [0.2, 0.25) is 0 Å². The Balaban J connectivity index is 1.34. The Bertz CT molecular complexity index is 602. The molecule has 1 amide bonds. The van der Waals surface area contributed by atoms with Gasteiger partial charge in [-0.2, -0.15) is 0 Å². The average Bonchev–Trinajstić information content (AvgIpc) is 2.67. The van der Waals surface area contributed by atoms with Gasteiger partial charge < -0.3 is 19.5 Å². The minimum absolute atomic E-state index is 0.00862. The number of hydrogen-bond acceptors (Lipinski definition) is 4. The van der Waals surface area contributed by atoms with Crippen molar-refractivity contribution < 1.29 is 9.53 Å². The second-order valence-corrected chi connectivity index (χ2v) is 7.03. The fourth-order valence-electron chi connectivity index (χ4n) is 3.83. The molecular weight excluding hydrogens is 318 g/mol. The van der Waals surface area contributed by atoms with Crippen molar-refractivity contribution in [3.05, 3.63) is 34.7 Å². The lowest BCUT2D eigenvalue weighted by molar-refractivity contribution is -0.126. The maximum absolute atomic E-state index is 12.3. The van der Waals surface area contributed by atoms with E-state index < -0.39 is 0 Å². The lowest BCUT2D eigenvalue weighted by Gasteiger charge is -2.38. The summed E-state index contributed by atoms with van der Waals surface area (Å²) in [5, 5.41) is 3.04. The summed E-state index contributed by atoms with van der Waals surface area (Å²) < 4.78 is 7.11. The van der Waals surface area contributed by atoms with Crippen molar-refractivity contribution in [3.63, 3.8) is 0 Å². The van der Waals surface area contributed by atoms with Gasteiger partial charge in [-0.25, -0.2) is 0 Å². The molecule has 25 heavy (non-hydrogen) atoms. The van der Waals surface area contributed by atoms with Crippen LogP contribution in [0.1, 0.15) is 32.1 Å². The van der Waals surface area contributed by atoms with Crippen molar-refractivity contribution in [2.24, 2.45) is 5.92 Å². The first kappa shape index (κ1) is 18.1. The van der Waals surface area contributed by atoms with E-state index in [9.17, 15) is 9.59 Å². The zero-order valence-electron chi connectivity index (χ0n) is 14.9. The predicted octanol–water partition coefficient (Wildman–Crippen LogP) is 1.25. The third kappa shape index (κ3) is 5.16. The molecule has 2 saturated heterocycles. The molecule has 0 spiro atoms. The summed E-state index contributed by atoms with van der Waals surface area (Å²) in [5.74, 6) is 0.308. The molecule has 2 aliphatic rings. The molecule has 6 heteroatoms. The van der Waals surface area contributed by atoms with Gasteiger partial charge in [-0.15, -0.1) is 0 Å². The predicted molar refractivity (Wildman–Crippen MR) is 96.5 cm³/mol. The summed E-state index contributed by atoms with van der Waals surface area (Å²) in [6.07, 6.45) is 6.70. The van der Waals surface area contributed by atoms with E-state index in [1.165, 1.54) is 0 Å². The van der Waals surface area contributed by atoms with E-state index in [-0.39, 0.29) is 17.4 Å². The number of amides is 1. The molecule has 3 heterocycles. The third-order valence-electron chi connectivity index (χ3n) is 5.38. The largest absolute Gasteiger partial charge is 0.381 e. The zero-order chi connectivity index (χ0) is 17.5. The summed E-state index contributed by atoms with van der Waals surface area (Å²) in [6.45, 7) is 5.04. The van der Waals surface area contributed by atoms with E-state index in [0.29, 0.717) is 19.1 Å². The van der Waals surface area contributed by atoms with Crippen LogP contribution in [0.25, 0.3) is 0 Å². The van der Waals surface area contributed by atoms with Gasteiger partial charge in [0.1, 0.15) is 0 Å². The minimum atomic E-state index is 0.00862. The van der Waals surface area contributed by atoms with Crippen molar-refractivity contribution >= 4 is 5.91 Å². The Kier molecular flexibility index (Phi) is 6.64. The first-order valence-corrected chi connectivity index (χ1v) is 9.49. The Morgan fingerprint density at radius 1 is 1.16 bits per heavy atom. The number of rotatable bonds is 6. The van der Waals surface area contributed by atoms with Crippen LogP contribution in [0.5, 0.6) is 0 Å². The van der Waals surface area contributed by atoms with E-state index in [0.717, 1.165) is 58.4 Å². The van der Waals surface area contributed by atoms with E-state index >= 15 is 0 Å². The molecule has 0 aromatic carbocycles. The van der Waals surface area contributed by atoms with Crippen molar-refractivity contribution in [1.82, 2.24) is 14.8 Å². The van der Waals surface area contributed by atoms with Gasteiger partial charge in [0.25, 0.3) is 0 Å². The Morgan fingerprint density at radius 3 is 2.64 bits per heavy atom. The zero-order valence-corrected chi connectivity index (χ0v) is 14.9. The number of aryl methyl sites for hydroxylation is 1. The summed E-state index contributed by atoms with van der Waals surface area (Å²) in [7, 11) is 0. The van der Waals surface area contributed by atoms with Crippen LogP contribution in [0.4, 0.5) is 0 Å². The molecule has 0 atom stereocenters.